The Morgan fingerprint density at radius 2 is 1.68 bits per heavy atom. The maximum absolute atomic E-state index is 13.9. The molecule has 0 fully saturated rings. The highest BCUT2D eigenvalue weighted by Gasteiger charge is 2.41. The average Bonchev–Trinajstić information content (AvgIpc) is 3.15. The molecule has 2 atom stereocenters. The molecule has 2 aliphatic rings. The van der Waals surface area contributed by atoms with Crippen LogP contribution in [0.2, 0.25) is 5.02 Å². The Kier molecular flexibility index (Phi) is 4.05. The fourth-order valence-corrected chi connectivity index (χ4v) is 3.97. The minimum atomic E-state index is -0.652. The van der Waals surface area contributed by atoms with Gasteiger partial charge in [0.15, 0.2) is 0 Å². The minimum absolute atomic E-state index is 0.0747. The van der Waals surface area contributed by atoms with Gasteiger partial charge in [0, 0.05) is 22.6 Å². The molecule has 28 heavy (non-hydrogen) atoms. The molecular weight excluding hydrogens is 382 g/mol. The van der Waals surface area contributed by atoms with Crippen LogP contribution in [0.15, 0.2) is 71.8 Å². The van der Waals surface area contributed by atoms with E-state index in [1.807, 2.05) is 29.3 Å². The van der Waals surface area contributed by atoms with Crippen LogP contribution in [-0.4, -0.2) is 10.7 Å². The Hall–Kier alpha value is -2.92. The van der Waals surface area contributed by atoms with Gasteiger partial charge < -0.3 is 4.74 Å². The molecule has 0 spiro atoms. The summed E-state index contributed by atoms with van der Waals surface area (Å²) in [6.45, 7) is 0. The van der Waals surface area contributed by atoms with Crippen LogP contribution in [0.3, 0.4) is 0 Å². The van der Waals surface area contributed by atoms with E-state index in [1.165, 1.54) is 30.3 Å². The molecule has 3 nitrogen and oxygen atoms in total. The molecule has 140 valence electrons. The Morgan fingerprint density at radius 1 is 0.929 bits per heavy atom. The lowest BCUT2D eigenvalue weighted by Gasteiger charge is -2.38. The summed E-state index contributed by atoms with van der Waals surface area (Å²) in [6.07, 6.45) is -0.0174. The lowest BCUT2D eigenvalue weighted by molar-refractivity contribution is -0.0191. The molecule has 0 aromatic heterocycles. The first-order valence-corrected chi connectivity index (χ1v) is 9.30. The topological polar surface area (TPSA) is 24.8 Å². The van der Waals surface area contributed by atoms with Gasteiger partial charge in [0.1, 0.15) is 17.4 Å². The van der Waals surface area contributed by atoms with Gasteiger partial charge in [0.25, 0.3) is 0 Å². The highest BCUT2D eigenvalue weighted by molar-refractivity contribution is 6.31. The van der Waals surface area contributed by atoms with E-state index in [2.05, 4.69) is 0 Å². The van der Waals surface area contributed by atoms with E-state index in [-0.39, 0.29) is 17.7 Å². The molecular formula is C22H15ClF2N2O. The van der Waals surface area contributed by atoms with E-state index in [9.17, 15) is 8.78 Å². The number of hydrogen-bond acceptors (Lipinski definition) is 3. The van der Waals surface area contributed by atoms with Crippen molar-refractivity contribution < 1.29 is 13.5 Å². The van der Waals surface area contributed by atoms with E-state index in [0.29, 0.717) is 17.0 Å². The zero-order chi connectivity index (χ0) is 19.3. The molecule has 2 heterocycles. The van der Waals surface area contributed by atoms with Crippen LogP contribution in [0.4, 0.5) is 8.78 Å². The van der Waals surface area contributed by atoms with E-state index in [1.54, 1.807) is 12.1 Å². The molecule has 3 aromatic rings. The lowest BCUT2D eigenvalue weighted by Crippen LogP contribution is -2.33. The number of benzene rings is 3. The third kappa shape index (κ3) is 2.83. The van der Waals surface area contributed by atoms with Crippen molar-refractivity contribution in [3.8, 4) is 5.75 Å². The molecule has 0 saturated carbocycles. The molecule has 6 heteroatoms. The van der Waals surface area contributed by atoms with Gasteiger partial charge in [0.2, 0.25) is 6.23 Å². The van der Waals surface area contributed by atoms with Crippen molar-refractivity contribution >= 4 is 17.3 Å². The second-order valence-electron chi connectivity index (χ2n) is 6.83. The standard InChI is InChI=1S/C22H15ClF2N2O/c23-18-10-9-15(25)11-17(18)22-27-20(16-3-1-2-4-21(16)28-22)12-19(26-27)13-5-7-14(24)8-6-13/h1-11,20,22H,12H2. The number of halogens is 3. The Bertz CT molecular complexity index is 1080. The van der Waals surface area contributed by atoms with Gasteiger partial charge in [-0.1, -0.05) is 41.9 Å². The normalized spacial score (nSPS) is 20.2. The molecule has 0 N–H and O–H groups in total. The van der Waals surface area contributed by atoms with Crippen molar-refractivity contribution in [1.29, 1.82) is 0 Å². The summed E-state index contributed by atoms with van der Waals surface area (Å²) in [4.78, 5) is 0. The van der Waals surface area contributed by atoms with Gasteiger partial charge in [0.05, 0.1) is 11.8 Å². The maximum Gasteiger partial charge on any atom is 0.215 e. The Morgan fingerprint density at radius 3 is 2.50 bits per heavy atom. The summed E-state index contributed by atoms with van der Waals surface area (Å²) in [5.74, 6) is 0.0446. The average molecular weight is 397 g/mol. The van der Waals surface area contributed by atoms with Gasteiger partial charge in [-0.2, -0.15) is 5.10 Å². The molecule has 0 saturated heterocycles. The van der Waals surface area contributed by atoms with Gasteiger partial charge >= 0.3 is 0 Å². The highest BCUT2D eigenvalue weighted by atomic mass is 35.5. The van der Waals surface area contributed by atoms with Crippen molar-refractivity contribution in [3.63, 3.8) is 0 Å². The summed E-state index contributed by atoms with van der Waals surface area (Å²) in [5, 5.41) is 6.99. The van der Waals surface area contributed by atoms with Crippen LogP contribution >= 0.6 is 11.6 Å². The van der Waals surface area contributed by atoms with Crippen LogP contribution in [0.25, 0.3) is 0 Å². The molecule has 5 rings (SSSR count). The van der Waals surface area contributed by atoms with Gasteiger partial charge in [-0.3, -0.25) is 0 Å². The first kappa shape index (κ1) is 17.2. The zero-order valence-corrected chi connectivity index (χ0v) is 15.4. The lowest BCUT2D eigenvalue weighted by atomic mass is 9.96. The SMILES string of the molecule is Fc1ccc(C2=NN3C(C2)c2ccccc2OC3c2cc(F)ccc2Cl)cc1. The molecule has 0 bridgehead atoms. The minimum Gasteiger partial charge on any atom is -0.464 e. The first-order valence-electron chi connectivity index (χ1n) is 8.92. The van der Waals surface area contributed by atoms with Crippen LogP contribution in [0.5, 0.6) is 5.75 Å². The molecule has 0 radical (unpaired) electrons. The number of hydrazone groups is 1. The summed E-state index contributed by atoms with van der Waals surface area (Å²) < 4.78 is 33.4. The van der Waals surface area contributed by atoms with Crippen molar-refractivity contribution in [1.82, 2.24) is 5.01 Å². The highest BCUT2D eigenvalue weighted by Crippen LogP contribution is 2.48. The second-order valence-corrected chi connectivity index (χ2v) is 7.23. The molecule has 2 unspecified atom stereocenters. The summed E-state index contributed by atoms with van der Waals surface area (Å²) in [7, 11) is 0. The molecule has 0 amide bonds. The summed E-state index contributed by atoms with van der Waals surface area (Å²) in [5.41, 5.74) is 3.19. The first-order chi connectivity index (χ1) is 13.6. The van der Waals surface area contributed by atoms with Crippen LogP contribution in [0, 0.1) is 11.6 Å². The van der Waals surface area contributed by atoms with Crippen molar-refractivity contribution in [2.24, 2.45) is 5.10 Å². The van der Waals surface area contributed by atoms with E-state index < -0.39 is 6.23 Å². The van der Waals surface area contributed by atoms with Gasteiger partial charge in [-0.15, -0.1) is 0 Å². The number of nitrogens with zero attached hydrogens (tertiary/aromatic N) is 2. The molecule has 3 aromatic carbocycles. The Balaban J connectivity index is 1.62. The van der Waals surface area contributed by atoms with E-state index >= 15 is 0 Å². The van der Waals surface area contributed by atoms with Crippen molar-refractivity contribution in [2.45, 2.75) is 18.7 Å². The Labute approximate surface area is 165 Å². The van der Waals surface area contributed by atoms with E-state index in [0.717, 1.165) is 22.6 Å². The number of rotatable bonds is 2. The largest absolute Gasteiger partial charge is 0.464 e. The predicted molar refractivity (Wildman–Crippen MR) is 103 cm³/mol. The monoisotopic (exact) mass is 396 g/mol. The molecule has 2 aliphatic heterocycles. The van der Waals surface area contributed by atoms with Crippen LogP contribution in [-0.2, 0) is 0 Å². The van der Waals surface area contributed by atoms with Crippen LogP contribution < -0.4 is 4.74 Å². The quantitative estimate of drug-likeness (QED) is 0.542. The smallest absolute Gasteiger partial charge is 0.215 e. The van der Waals surface area contributed by atoms with Crippen molar-refractivity contribution in [2.75, 3.05) is 0 Å². The zero-order valence-electron chi connectivity index (χ0n) is 14.6. The van der Waals surface area contributed by atoms with E-state index in [4.69, 9.17) is 21.4 Å². The number of para-hydroxylation sites is 1. The summed E-state index contributed by atoms with van der Waals surface area (Å²) in [6, 6.07) is 18.1. The predicted octanol–water partition coefficient (Wildman–Crippen LogP) is 5.86. The fourth-order valence-electron chi connectivity index (χ4n) is 3.76. The van der Waals surface area contributed by atoms with Gasteiger partial charge in [-0.25, -0.2) is 13.8 Å². The van der Waals surface area contributed by atoms with Crippen molar-refractivity contribution in [3.05, 3.63) is 100 Å². The van der Waals surface area contributed by atoms with Gasteiger partial charge in [-0.05, 0) is 42.0 Å². The maximum atomic E-state index is 13.9. The molecule has 0 aliphatic carbocycles. The number of ether oxygens (including phenoxy) is 1. The third-order valence-corrected chi connectivity index (χ3v) is 5.44. The number of hydrogen-bond donors (Lipinski definition) is 0. The third-order valence-electron chi connectivity index (χ3n) is 5.10. The summed E-state index contributed by atoms with van der Waals surface area (Å²) >= 11 is 6.35. The van der Waals surface area contributed by atoms with Crippen LogP contribution in [0.1, 0.15) is 35.4 Å². The second kappa shape index (κ2) is 6.60. The number of fused-ring (bicyclic) bond motifs is 3. The fraction of sp³-hybridized carbons (Fsp3) is 0.136.